The number of pyridine rings is 1. The molecule has 0 aliphatic carbocycles. The lowest BCUT2D eigenvalue weighted by Crippen LogP contribution is -2.32. The van der Waals surface area contributed by atoms with Crippen LogP contribution in [0.5, 0.6) is 5.75 Å². The molecule has 3 N–H and O–H groups in total. The highest BCUT2D eigenvalue weighted by atomic mass is 16.5. The van der Waals surface area contributed by atoms with Gasteiger partial charge in [0, 0.05) is 12.2 Å². The molecule has 0 aliphatic heterocycles. The van der Waals surface area contributed by atoms with Gasteiger partial charge < -0.3 is 9.67 Å². The molecule has 0 unspecified atom stereocenters. The molecule has 0 saturated heterocycles. The summed E-state index contributed by atoms with van der Waals surface area (Å²) in [6.45, 7) is 3.53. The molecule has 0 bridgehead atoms. The molecule has 0 radical (unpaired) electrons. The molecular formula is C9H12N2O4. The van der Waals surface area contributed by atoms with Crippen LogP contribution in [-0.4, -0.2) is 20.8 Å². The summed E-state index contributed by atoms with van der Waals surface area (Å²) in [4.78, 5) is 22.8. The molecule has 15 heavy (non-hydrogen) atoms. The van der Waals surface area contributed by atoms with Crippen LogP contribution in [-0.2, 0) is 0 Å². The van der Waals surface area contributed by atoms with Gasteiger partial charge in [0.05, 0.1) is 0 Å². The largest absolute Gasteiger partial charge is 0.507 e. The second-order valence-corrected chi connectivity index (χ2v) is 3.32. The van der Waals surface area contributed by atoms with Gasteiger partial charge in [0.1, 0.15) is 11.3 Å². The molecule has 1 heterocycles. The number of carbonyl (C=O) groups excluding carboxylic acids is 1. The highest BCUT2D eigenvalue weighted by Gasteiger charge is 2.17. The van der Waals surface area contributed by atoms with Crippen LogP contribution in [0, 0.1) is 0 Å². The van der Waals surface area contributed by atoms with Crippen LogP contribution < -0.4 is 11.0 Å². The molecule has 0 spiro atoms. The Hall–Kier alpha value is -1.82. The third-order valence-electron chi connectivity index (χ3n) is 1.98. The summed E-state index contributed by atoms with van der Waals surface area (Å²) in [7, 11) is 0. The summed E-state index contributed by atoms with van der Waals surface area (Å²) in [6, 6.07) is 1.09. The van der Waals surface area contributed by atoms with Crippen LogP contribution in [0.1, 0.15) is 30.2 Å². The van der Waals surface area contributed by atoms with Crippen LogP contribution in [0.2, 0.25) is 0 Å². The van der Waals surface area contributed by atoms with Crippen molar-refractivity contribution >= 4 is 5.91 Å². The Morgan fingerprint density at radius 3 is 2.60 bits per heavy atom. The number of hydroxylamine groups is 1. The molecule has 6 heteroatoms. The molecular weight excluding hydrogens is 200 g/mol. The summed E-state index contributed by atoms with van der Waals surface area (Å²) in [6.07, 6.45) is 1.39. The fourth-order valence-electron chi connectivity index (χ4n) is 1.22. The molecule has 82 valence electrons. The van der Waals surface area contributed by atoms with Crippen molar-refractivity contribution in [1.82, 2.24) is 10.0 Å². The van der Waals surface area contributed by atoms with E-state index in [0.717, 1.165) is 0 Å². The van der Waals surface area contributed by atoms with Gasteiger partial charge in [-0.25, -0.2) is 5.48 Å². The van der Waals surface area contributed by atoms with Crippen LogP contribution in [0.15, 0.2) is 17.1 Å². The van der Waals surface area contributed by atoms with Gasteiger partial charge in [-0.05, 0) is 19.9 Å². The maximum Gasteiger partial charge on any atom is 0.284 e. The van der Waals surface area contributed by atoms with Gasteiger partial charge in [-0.2, -0.15) is 0 Å². The fraction of sp³-hybridized carbons (Fsp3) is 0.333. The first-order valence-electron chi connectivity index (χ1n) is 4.37. The smallest absolute Gasteiger partial charge is 0.284 e. The summed E-state index contributed by atoms with van der Waals surface area (Å²) in [5.74, 6) is -1.48. The predicted molar refractivity (Wildman–Crippen MR) is 52.0 cm³/mol. The van der Waals surface area contributed by atoms with E-state index in [-0.39, 0.29) is 6.04 Å². The van der Waals surface area contributed by atoms with E-state index in [1.165, 1.54) is 22.3 Å². The minimum absolute atomic E-state index is 0.136. The average Bonchev–Trinajstić information content (AvgIpc) is 2.16. The Labute approximate surface area is 85.7 Å². The Bertz CT molecular complexity index is 436. The normalized spacial score (nSPS) is 10.4. The molecule has 0 fully saturated rings. The second kappa shape index (κ2) is 4.14. The van der Waals surface area contributed by atoms with Crippen molar-refractivity contribution in [3.63, 3.8) is 0 Å². The number of aromatic nitrogens is 1. The number of amides is 1. The van der Waals surface area contributed by atoms with E-state index in [1.54, 1.807) is 13.8 Å². The van der Waals surface area contributed by atoms with Crippen molar-refractivity contribution in [2.24, 2.45) is 0 Å². The van der Waals surface area contributed by atoms with Crippen LogP contribution in [0.3, 0.4) is 0 Å². The van der Waals surface area contributed by atoms with Gasteiger partial charge in [-0.3, -0.25) is 14.8 Å². The maximum absolute atomic E-state index is 11.7. The lowest BCUT2D eigenvalue weighted by molar-refractivity contribution is 0.0700. The van der Waals surface area contributed by atoms with Gasteiger partial charge in [0.25, 0.3) is 11.5 Å². The van der Waals surface area contributed by atoms with E-state index in [9.17, 15) is 14.7 Å². The van der Waals surface area contributed by atoms with E-state index in [4.69, 9.17) is 5.21 Å². The predicted octanol–water partition coefficient (Wildman–Crippen LogP) is 0.254. The molecule has 0 aromatic carbocycles. The van der Waals surface area contributed by atoms with Gasteiger partial charge >= 0.3 is 0 Å². The van der Waals surface area contributed by atoms with Gasteiger partial charge in [-0.1, -0.05) is 0 Å². The van der Waals surface area contributed by atoms with Crippen molar-refractivity contribution in [3.05, 3.63) is 28.2 Å². The Kier molecular flexibility index (Phi) is 3.11. The molecule has 1 rings (SSSR count). The van der Waals surface area contributed by atoms with Gasteiger partial charge in [-0.15, -0.1) is 0 Å². The summed E-state index contributed by atoms with van der Waals surface area (Å²) in [5.41, 5.74) is 0.211. The van der Waals surface area contributed by atoms with Crippen LogP contribution >= 0.6 is 0 Å². The molecule has 0 aliphatic rings. The number of hydrogen-bond donors (Lipinski definition) is 3. The number of hydrogen-bond acceptors (Lipinski definition) is 4. The molecule has 0 atom stereocenters. The zero-order valence-electron chi connectivity index (χ0n) is 8.39. The molecule has 1 aromatic heterocycles. The van der Waals surface area contributed by atoms with Crippen LogP contribution in [0.4, 0.5) is 0 Å². The molecule has 0 saturated carbocycles. The minimum atomic E-state index is -1.02. The van der Waals surface area contributed by atoms with E-state index in [2.05, 4.69) is 0 Å². The monoisotopic (exact) mass is 212 g/mol. The van der Waals surface area contributed by atoms with Crippen molar-refractivity contribution in [3.8, 4) is 5.75 Å². The number of aromatic hydroxyl groups is 1. The molecule has 1 aromatic rings. The van der Waals surface area contributed by atoms with E-state index >= 15 is 0 Å². The SMILES string of the molecule is CC(C)n1ccc(O)c(C(=O)NO)c1=O. The van der Waals surface area contributed by atoms with Crippen molar-refractivity contribution in [2.75, 3.05) is 0 Å². The highest BCUT2D eigenvalue weighted by Crippen LogP contribution is 2.13. The maximum atomic E-state index is 11.7. The first kappa shape index (κ1) is 11.3. The van der Waals surface area contributed by atoms with Crippen molar-refractivity contribution in [1.29, 1.82) is 0 Å². The Morgan fingerprint density at radius 2 is 2.13 bits per heavy atom. The summed E-state index contributed by atoms with van der Waals surface area (Å²) < 4.78 is 1.28. The topological polar surface area (TPSA) is 91.6 Å². The quantitative estimate of drug-likeness (QED) is 0.484. The zero-order valence-corrected chi connectivity index (χ0v) is 8.39. The van der Waals surface area contributed by atoms with E-state index in [1.807, 2.05) is 0 Å². The zero-order chi connectivity index (χ0) is 11.6. The standard InChI is InChI=1S/C9H12N2O4/c1-5(2)11-4-3-6(12)7(9(11)14)8(13)10-15/h3-5,12,15H,1-2H3,(H,10,13). The third kappa shape index (κ3) is 1.99. The second-order valence-electron chi connectivity index (χ2n) is 3.32. The van der Waals surface area contributed by atoms with Crippen LogP contribution in [0.25, 0.3) is 0 Å². The lowest BCUT2D eigenvalue weighted by Gasteiger charge is -2.11. The average molecular weight is 212 g/mol. The number of rotatable bonds is 2. The fourth-order valence-corrected chi connectivity index (χ4v) is 1.22. The molecule has 1 amide bonds. The number of carbonyl (C=O) groups is 1. The number of nitrogens with one attached hydrogen (secondary N) is 1. The third-order valence-corrected chi connectivity index (χ3v) is 1.98. The summed E-state index contributed by atoms with van der Waals surface area (Å²) >= 11 is 0. The number of nitrogens with zero attached hydrogens (tertiary/aromatic N) is 1. The molecule has 6 nitrogen and oxygen atoms in total. The van der Waals surface area contributed by atoms with Crippen molar-refractivity contribution < 1.29 is 15.1 Å². The minimum Gasteiger partial charge on any atom is -0.507 e. The van der Waals surface area contributed by atoms with E-state index < -0.39 is 22.8 Å². The van der Waals surface area contributed by atoms with Gasteiger partial charge in [0.2, 0.25) is 0 Å². The Balaban J connectivity index is 3.44. The van der Waals surface area contributed by atoms with Crippen molar-refractivity contribution in [2.45, 2.75) is 19.9 Å². The Morgan fingerprint density at radius 1 is 1.53 bits per heavy atom. The first-order chi connectivity index (χ1) is 6.99. The van der Waals surface area contributed by atoms with Gasteiger partial charge in [0.15, 0.2) is 0 Å². The first-order valence-corrected chi connectivity index (χ1v) is 4.37. The van der Waals surface area contributed by atoms with E-state index in [0.29, 0.717) is 0 Å². The lowest BCUT2D eigenvalue weighted by atomic mass is 10.2. The summed E-state index contributed by atoms with van der Waals surface area (Å²) in [5, 5.41) is 17.7. The highest BCUT2D eigenvalue weighted by molar-refractivity contribution is 5.95.